The first-order valence-electron chi connectivity index (χ1n) is 4.35. The largest absolute Gasteiger partial charge is 0.363 e. The lowest BCUT2D eigenvalue weighted by molar-refractivity contribution is -0.114. The highest BCUT2D eigenvalue weighted by molar-refractivity contribution is 6.42. The van der Waals surface area contributed by atoms with Gasteiger partial charge in [-0.2, -0.15) is 0 Å². The van der Waals surface area contributed by atoms with Crippen LogP contribution in [0.15, 0.2) is 24.5 Å². The lowest BCUT2D eigenvalue weighted by atomic mass is 10.1. The van der Waals surface area contributed by atoms with Gasteiger partial charge < -0.3 is 10.3 Å². The number of aryl methyl sites for hydroxylation is 1. The Kier molecular flexibility index (Phi) is 2.00. The van der Waals surface area contributed by atoms with E-state index >= 15 is 0 Å². The molecular formula is C10H9N3O2. The molecule has 0 unspecified atom stereocenters. The van der Waals surface area contributed by atoms with Crippen LogP contribution in [0.4, 0.5) is 0 Å². The highest BCUT2D eigenvalue weighted by atomic mass is 16.2. The third-order valence-electron chi connectivity index (χ3n) is 2.21. The number of Topliss-reactive ketones (excluding diaryl/α,β-unsaturated/α-hetero) is 1. The van der Waals surface area contributed by atoms with Crippen LogP contribution in [-0.4, -0.2) is 21.2 Å². The van der Waals surface area contributed by atoms with E-state index in [4.69, 9.17) is 5.73 Å². The SMILES string of the molecule is Cn1cnc2cc(C(=O)C(N)=O)ccc21. The summed E-state index contributed by atoms with van der Waals surface area (Å²) in [5.41, 5.74) is 6.75. The number of carbonyl (C=O) groups excluding carboxylic acids is 2. The van der Waals surface area contributed by atoms with Crippen molar-refractivity contribution >= 4 is 22.7 Å². The molecule has 5 nitrogen and oxygen atoms in total. The number of nitrogens with two attached hydrogens (primary N) is 1. The number of fused-ring (bicyclic) bond motifs is 1. The first kappa shape index (κ1) is 9.39. The molecule has 0 fully saturated rings. The topological polar surface area (TPSA) is 78.0 Å². The van der Waals surface area contributed by atoms with E-state index in [-0.39, 0.29) is 5.56 Å². The van der Waals surface area contributed by atoms with Crippen molar-refractivity contribution in [2.75, 3.05) is 0 Å². The van der Waals surface area contributed by atoms with Crippen LogP contribution in [0.2, 0.25) is 0 Å². The van der Waals surface area contributed by atoms with Gasteiger partial charge in [0.2, 0.25) is 5.78 Å². The number of rotatable bonds is 2. The van der Waals surface area contributed by atoms with Gasteiger partial charge in [0.05, 0.1) is 17.4 Å². The third kappa shape index (κ3) is 1.48. The van der Waals surface area contributed by atoms with E-state index in [1.807, 2.05) is 11.6 Å². The maximum Gasteiger partial charge on any atom is 0.289 e. The molecule has 0 atom stereocenters. The molecule has 0 aliphatic heterocycles. The van der Waals surface area contributed by atoms with Crippen molar-refractivity contribution in [1.29, 1.82) is 0 Å². The highest BCUT2D eigenvalue weighted by Gasteiger charge is 2.13. The van der Waals surface area contributed by atoms with Gasteiger partial charge in [-0.15, -0.1) is 0 Å². The molecule has 1 aromatic heterocycles. The maximum absolute atomic E-state index is 11.3. The molecule has 2 rings (SSSR count). The lowest BCUT2D eigenvalue weighted by Gasteiger charge is -1.97. The molecule has 0 radical (unpaired) electrons. The molecule has 5 heteroatoms. The Hall–Kier alpha value is -2.17. The Morgan fingerprint density at radius 2 is 2.13 bits per heavy atom. The number of primary amides is 1. The van der Waals surface area contributed by atoms with Crippen molar-refractivity contribution in [1.82, 2.24) is 9.55 Å². The molecule has 0 saturated carbocycles. The van der Waals surface area contributed by atoms with E-state index in [9.17, 15) is 9.59 Å². The summed E-state index contributed by atoms with van der Waals surface area (Å²) < 4.78 is 1.83. The Labute approximate surface area is 85.5 Å². The normalized spacial score (nSPS) is 10.5. The minimum absolute atomic E-state index is 0.272. The van der Waals surface area contributed by atoms with Crippen LogP contribution >= 0.6 is 0 Å². The Balaban J connectivity index is 2.57. The predicted molar refractivity (Wildman–Crippen MR) is 54.2 cm³/mol. The van der Waals surface area contributed by atoms with Gasteiger partial charge in [0.25, 0.3) is 5.91 Å². The van der Waals surface area contributed by atoms with Crippen LogP contribution in [0.5, 0.6) is 0 Å². The van der Waals surface area contributed by atoms with Crippen molar-refractivity contribution in [2.45, 2.75) is 0 Å². The maximum atomic E-state index is 11.3. The summed E-state index contributed by atoms with van der Waals surface area (Å²) in [7, 11) is 1.85. The number of benzene rings is 1. The first-order valence-corrected chi connectivity index (χ1v) is 4.35. The van der Waals surface area contributed by atoms with Gasteiger partial charge in [0, 0.05) is 12.6 Å². The van der Waals surface area contributed by atoms with Crippen LogP contribution in [-0.2, 0) is 11.8 Å². The number of hydrogen-bond acceptors (Lipinski definition) is 3. The standard InChI is InChI=1S/C10H9N3O2/c1-13-5-12-7-4-6(2-3-8(7)13)9(14)10(11)15/h2-5H,1H3,(H2,11,15). The Morgan fingerprint density at radius 3 is 2.80 bits per heavy atom. The lowest BCUT2D eigenvalue weighted by Crippen LogP contribution is -2.22. The number of hydrogen-bond donors (Lipinski definition) is 1. The zero-order valence-corrected chi connectivity index (χ0v) is 8.10. The van der Waals surface area contributed by atoms with Crippen LogP contribution < -0.4 is 5.73 Å². The van der Waals surface area contributed by atoms with E-state index < -0.39 is 11.7 Å². The summed E-state index contributed by atoms with van der Waals surface area (Å²) in [6.45, 7) is 0. The zero-order valence-electron chi connectivity index (χ0n) is 8.10. The molecule has 0 aliphatic rings. The summed E-state index contributed by atoms with van der Waals surface area (Å²) in [6, 6.07) is 4.86. The Morgan fingerprint density at radius 1 is 1.40 bits per heavy atom. The van der Waals surface area contributed by atoms with Crippen LogP contribution in [0, 0.1) is 0 Å². The summed E-state index contributed by atoms with van der Waals surface area (Å²) in [4.78, 5) is 26.1. The minimum Gasteiger partial charge on any atom is -0.363 e. The first-order chi connectivity index (χ1) is 7.09. The molecule has 15 heavy (non-hydrogen) atoms. The fourth-order valence-electron chi connectivity index (χ4n) is 1.42. The van der Waals surface area contributed by atoms with E-state index in [0.29, 0.717) is 5.52 Å². The highest BCUT2D eigenvalue weighted by Crippen LogP contribution is 2.13. The second kappa shape index (κ2) is 3.20. The Bertz CT molecular complexity index is 557. The predicted octanol–water partition coefficient (Wildman–Crippen LogP) is 0.241. The molecule has 1 amide bonds. The quantitative estimate of drug-likeness (QED) is 0.561. The van der Waals surface area contributed by atoms with Crippen molar-refractivity contribution in [3.05, 3.63) is 30.1 Å². The van der Waals surface area contributed by atoms with Crippen molar-refractivity contribution in [3.8, 4) is 0 Å². The summed E-state index contributed by atoms with van der Waals surface area (Å²) in [5.74, 6) is -1.65. The van der Waals surface area contributed by atoms with E-state index in [0.717, 1.165) is 5.52 Å². The van der Waals surface area contributed by atoms with Crippen LogP contribution in [0.1, 0.15) is 10.4 Å². The molecule has 2 aromatic rings. The van der Waals surface area contributed by atoms with Crippen molar-refractivity contribution in [3.63, 3.8) is 0 Å². The number of amides is 1. The fourth-order valence-corrected chi connectivity index (χ4v) is 1.42. The van der Waals surface area contributed by atoms with Gasteiger partial charge in [-0.05, 0) is 18.2 Å². The minimum atomic E-state index is -0.953. The van der Waals surface area contributed by atoms with Gasteiger partial charge in [0.1, 0.15) is 0 Å². The van der Waals surface area contributed by atoms with Gasteiger partial charge in [-0.3, -0.25) is 9.59 Å². The number of aromatic nitrogens is 2. The fraction of sp³-hybridized carbons (Fsp3) is 0.100. The average Bonchev–Trinajstić information content (AvgIpc) is 2.59. The molecule has 1 aromatic carbocycles. The van der Waals surface area contributed by atoms with Crippen molar-refractivity contribution < 1.29 is 9.59 Å². The third-order valence-corrected chi connectivity index (χ3v) is 2.21. The molecular weight excluding hydrogens is 194 g/mol. The second-order valence-corrected chi connectivity index (χ2v) is 3.25. The number of imidazole rings is 1. The van der Waals surface area contributed by atoms with Crippen LogP contribution in [0.25, 0.3) is 11.0 Å². The molecule has 76 valence electrons. The van der Waals surface area contributed by atoms with Gasteiger partial charge >= 0.3 is 0 Å². The zero-order chi connectivity index (χ0) is 11.0. The summed E-state index contributed by atoms with van der Waals surface area (Å²) in [5, 5.41) is 0. The molecule has 0 spiro atoms. The summed E-state index contributed by atoms with van der Waals surface area (Å²) in [6.07, 6.45) is 1.64. The smallest absolute Gasteiger partial charge is 0.289 e. The van der Waals surface area contributed by atoms with E-state index in [2.05, 4.69) is 4.98 Å². The van der Waals surface area contributed by atoms with Gasteiger partial charge in [-0.25, -0.2) is 4.98 Å². The van der Waals surface area contributed by atoms with Gasteiger partial charge in [-0.1, -0.05) is 0 Å². The molecule has 0 saturated heterocycles. The molecule has 1 heterocycles. The number of ketones is 1. The molecule has 2 N–H and O–H groups in total. The molecule has 0 aliphatic carbocycles. The molecule has 0 bridgehead atoms. The van der Waals surface area contributed by atoms with E-state index in [1.54, 1.807) is 24.5 Å². The summed E-state index contributed by atoms with van der Waals surface area (Å²) >= 11 is 0. The number of carbonyl (C=O) groups is 2. The monoisotopic (exact) mass is 203 g/mol. The van der Waals surface area contributed by atoms with Crippen molar-refractivity contribution in [2.24, 2.45) is 12.8 Å². The van der Waals surface area contributed by atoms with E-state index in [1.165, 1.54) is 0 Å². The number of nitrogens with zero attached hydrogens (tertiary/aromatic N) is 2. The second-order valence-electron chi connectivity index (χ2n) is 3.25. The van der Waals surface area contributed by atoms with Gasteiger partial charge in [0.15, 0.2) is 0 Å². The average molecular weight is 203 g/mol. The van der Waals surface area contributed by atoms with Crippen LogP contribution in [0.3, 0.4) is 0 Å².